The molecule has 6 aromatic carbocycles. The average molecular weight is 985 g/mol. The van der Waals surface area contributed by atoms with E-state index in [9.17, 15) is 0 Å². The topological polar surface area (TPSA) is 153 Å². The summed E-state index contributed by atoms with van der Waals surface area (Å²) in [5, 5.41) is 0. The van der Waals surface area contributed by atoms with Crippen molar-refractivity contribution in [2.24, 2.45) is 0 Å². The van der Waals surface area contributed by atoms with Gasteiger partial charge in [-0.1, -0.05) is 182 Å². The molecule has 2 fully saturated rings. The molecule has 358 valence electrons. The summed E-state index contributed by atoms with van der Waals surface area (Å²) in [5.41, 5.74) is 4.19. The van der Waals surface area contributed by atoms with Crippen LogP contribution in [0.2, 0.25) is 0 Å². The molecular formula is C51H55O14P3. The lowest BCUT2D eigenvalue weighted by Gasteiger charge is -2.42. The van der Waals surface area contributed by atoms with Crippen molar-refractivity contribution in [3.8, 4) is 0 Å². The molecule has 0 radical (unpaired) electrons. The quantitative estimate of drug-likeness (QED) is 0.0529. The van der Waals surface area contributed by atoms with Gasteiger partial charge in [-0.25, -0.2) is 13.7 Å². The Morgan fingerprint density at radius 1 is 0.382 bits per heavy atom. The molecule has 2 aliphatic rings. The number of phosphoric acid groups is 3. The van der Waals surface area contributed by atoms with Crippen LogP contribution in [0.25, 0.3) is 0 Å². The Balaban J connectivity index is 1.16. The minimum Gasteiger partial charge on any atom is -0.342 e. The Hall–Kier alpha value is -4.43. The molecule has 6 aromatic rings. The second-order valence-electron chi connectivity index (χ2n) is 16.6. The molecule has 1 saturated heterocycles. The molecule has 0 unspecified atom stereocenters. The van der Waals surface area contributed by atoms with E-state index in [-0.39, 0.29) is 46.1 Å². The smallest absolute Gasteiger partial charge is 0.342 e. The normalized spacial score (nSPS) is 20.5. The molecule has 14 nitrogen and oxygen atoms in total. The summed E-state index contributed by atoms with van der Waals surface area (Å²) in [6.45, 7) is 2.46. The minimum atomic E-state index is -4.63. The van der Waals surface area contributed by atoms with E-state index in [0.29, 0.717) is 33.4 Å². The summed E-state index contributed by atoms with van der Waals surface area (Å²) in [7, 11) is -13.8. The monoisotopic (exact) mass is 984 g/mol. The third-order valence-electron chi connectivity index (χ3n) is 10.9. The van der Waals surface area contributed by atoms with Gasteiger partial charge in [0.1, 0.15) is 30.5 Å². The Morgan fingerprint density at radius 2 is 0.632 bits per heavy atom. The van der Waals surface area contributed by atoms with E-state index in [1.54, 1.807) is 38.1 Å². The van der Waals surface area contributed by atoms with Crippen molar-refractivity contribution in [2.75, 3.05) is 0 Å². The van der Waals surface area contributed by atoms with Crippen molar-refractivity contribution in [1.82, 2.24) is 0 Å². The van der Waals surface area contributed by atoms with Gasteiger partial charge >= 0.3 is 23.5 Å². The number of fused-ring (bicyclic) bond motifs is 1. The van der Waals surface area contributed by atoms with Gasteiger partial charge < -0.3 is 9.47 Å². The lowest BCUT2D eigenvalue weighted by Crippen LogP contribution is -2.56. The van der Waals surface area contributed by atoms with Crippen LogP contribution in [0.4, 0.5) is 0 Å². The average Bonchev–Trinajstić information content (AvgIpc) is 3.71. The first kappa shape index (κ1) is 50.0. The number of hydrogen-bond donors (Lipinski definition) is 0. The minimum absolute atomic E-state index is 0.126. The van der Waals surface area contributed by atoms with Crippen LogP contribution in [0.1, 0.15) is 53.6 Å². The zero-order valence-corrected chi connectivity index (χ0v) is 40.4. The van der Waals surface area contributed by atoms with E-state index < -0.39 is 59.8 Å². The Bertz CT molecular complexity index is 2450. The number of benzene rings is 6. The fourth-order valence-electron chi connectivity index (χ4n) is 7.54. The van der Waals surface area contributed by atoms with Gasteiger partial charge in [-0.2, -0.15) is 0 Å². The molecule has 0 spiro atoms. The fraction of sp³-hybridized carbons (Fsp3) is 0.294. The second kappa shape index (κ2) is 23.5. The van der Waals surface area contributed by atoms with Gasteiger partial charge in [0.25, 0.3) is 0 Å². The van der Waals surface area contributed by atoms with E-state index in [2.05, 4.69) is 0 Å². The largest absolute Gasteiger partial charge is 0.475 e. The molecule has 1 aliphatic carbocycles. The first-order valence-electron chi connectivity index (χ1n) is 22.2. The summed E-state index contributed by atoms with van der Waals surface area (Å²) >= 11 is 0. The first-order chi connectivity index (χ1) is 32.9. The van der Waals surface area contributed by atoms with Crippen LogP contribution in [0.5, 0.6) is 0 Å². The third-order valence-corrected chi connectivity index (χ3v) is 15.1. The maximum atomic E-state index is 15.2. The number of ether oxygens (including phenoxy) is 2. The van der Waals surface area contributed by atoms with E-state index >= 15 is 13.7 Å². The molecular weight excluding hydrogens is 929 g/mol. The highest BCUT2D eigenvalue weighted by atomic mass is 31.2. The highest BCUT2D eigenvalue weighted by Gasteiger charge is 2.60. The molecule has 1 aliphatic heterocycles. The van der Waals surface area contributed by atoms with Crippen LogP contribution in [0.15, 0.2) is 182 Å². The molecule has 5 atom stereocenters. The first-order valence-corrected chi connectivity index (χ1v) is 26.6. The van der Waals surface area contributed by atoms with Crippen LogP contribution in [0.3, 0.4) is 0 Å². The van der Waals surface area contributed by atoms with Gasteiger partial charge in [0, 0.05) is 6.42 Å². The summed E-state index contributed by atoms with van der Waals surface area (Å²) in [6.07, 6.45) is -6.63. The zero-order chi connectivity index (χ0) is 47.3. The van der Waals surface area contributed by atoms with E-state index in [4.69, 9.17) is 50.2 Å². The molecule has 17 heteroatoms. The van der Waals surface area contributed by atoms with E-state index in [1.807, 2.05) is 158 Å². The van der Waals surface area contributed by atoms with Crippen LogP contribution in [-0.4, -0.2) is 36.3 Å². The lowest BCUT2D eigenvalue weighted by atomic mass is 9.87. The molecule has 1 saturated carbocycles. The molecule has 0 amide bonds. The van der Waals surface area contributed by atoms with Gasteiger partial charge in [-0.15, -0.1) is 0 Å². The summed E-state index contributed by atoms with van der Waals surface area (Å²) in [5.74, 6) is -1.32. The zero-order valence-electron chi connectivity index (χ0n) is 37.7. The summed E-state index contributed by atoms with van der Waals surface area (Å²) < 4.78 is 115. The Morgan fingerprint density at radius 3 is 0.926 bits per heavy atom. The molecule has 1 heterocycles. The standard InChI is InChI=1S/C51H55O14P3/c1-51(2)61-48-46(63-66(52,55-34-40-21-9-3-10-22-40)56-35-41-23-11-4-12-24-41)33-47(64-67(53,57-36-42-25-13-5-14-26-42)58-37-43-27-15-6-16-28-43)49(50(48)62-51)65-68(54,59-38-44-29-17-7-18-30-44)60-39-45-31-19-8-20-32-45/h3-32,46-50H,33-39H2,1-2H3/t46-,47+,48-,49-,50-/m0/s1. The SMILES string of the molecule is CC1(C)O[C@H]2[C@@H](O1)[C@@H](OP(=O)(OCc1ccccc1)OCc1ccccc1)C[C@@H](OP(=O)(OCc1ccccc1)OCc1ccccc1)[C@@H]2OP(=O)(OCc1ccccc1)OCc1ccccc1. The van der Waals surface area contributed by atoms with E-state index in [1.165, 1.54) is 0 Å². The molecule has 0 aromatic heterocycles. The molecule has 68 heavy (non-hydrogen) atoms. The number of rotatable bonds is 24. The van der Waals surface area contributed by atoms with Crippen molar-refractivity contribution in [3.63, 3.8) is 0 Å². The van der Waals surface area contributed by atoms with Gasteiger partial charge in [0.2, 0.25) is 0 Å². The lowest BCUT2D eigenvalue weighted by molar-refractivity contribution is -0.158. The van der Waals surface area contributed by atoms with Gasteiger partial charge in [0.05, 0.1) is 39.6 Å². The van der Waals surface area contributed by atoms with Crippen LogP contribution >= 0.6 is 23.5 Å². The van der Waals surface area contributed by atoms with Gasteiger partial charge in [-0.05, 0) is 47.2 Å². The van der Waals surface area contributed by atoms with Gasteiger partial charge in [0.15, 0.2) is 5.79 Å². The number of phosphoric ester groups is 3. The predicted octanol–water partition coefficient (Wildman–Crippen LogP) is 12.7. The highest BCUT2D eigenvalue weighted by molar-refractivity contribution is 7.49. The summed E-state index contributed by atoms with van der Waals surface area (Å²) in [6, 6.07) is 54.8. The maximum Gasteiger partial charge on any atom is 0.475 e. The van der Waals surface area contributed by atoms with E-state index in [0.717, 1.165) is 0 Å². The van der Waals surface area contributed by atoms with Crippen molar-refractivity contribution in [3.05, 3.63) is 215 Å². The van der Waals surface area contributed by atoms with Crippen molar-refractivity contribution >= 4 is 23.5 Å². The Kier molecular flexibility index (Phi) is 17.2. The third kappa shape index (κ3) is 14.6. The van der Waals surface area contributed by atoms with Crippen molar-refractivity contribution in [2.45, 2.75) is 96.2 Å². The second-order valence-corrected chi connectivity index (χ2v) is 21.4. The maximum absolute atomic E-state index is 15.2. The molecule has 0 N–H and O–H groups in total. The van der Waals surface area contributed by atoms with Crippen LogP contribution in [0, 0.1) is 0 Å². The summed E-state index contributed by atoms with van der Waals surface area (Å²) in [4.78, 5) is 0. The predicted molar refractivity (Wildman–Crippen MR) is 253 cm³/mol. The molecule has 8 rings (SSSR count). The van der Waals surface area contributed by atoms with Crippen molar-refractivity contribution in [1.29, 1.82) is 0 Å². The number of hydrogen-bond acceptors (Lipinski definition) is 14. The Labute approximate surface area is 397 Å². The van der Waals surface area contributed by atoms with Crippen LogP contribution < -0.4 is 0 Å². The van der Waals surface area contributed by atoms with Gasteiger partial charge in [-0.3, -0.25) is 40.7 Å². The van der Waals surface area contributed by atoms with Crippen LogP contribution in [-0.2, 0) is 104 Å². The fourth-order valence-corrected chi connectivity index (χ4v) is 11.6. The highest BCUT2D eigenvalue weighted by Crippen LogP contribution is 2.61. The van der Waals surface area contributed by atoms with Crippen molar-refractivity contribution < 1.29 is 63.9 Å². The molecule has 0 bridgehead atoms.